The van der Waals surface area contributed by atoms with Crippen LogP contribution in [-0.2, 0) is 17.0 Å². The largest absolute Gasteiger partial charge is 0.503 e. The smallest absolute Gasteiger partial charge is 0.296 e. The van der Waals surface area contributed by atoms with Crippen LogP contribution in [0.25, 0.3) is 11.0 Å². The number of hydrogen-bond donors (Lipinski definition) is 1. The normalized spacial score (nSPS) is 15.4. The Hall–Kier alpha value is -4.28. The number of para-hydroxylation sites is 1. The predicted octanol–water partition coefficient (Wildman–Crippen LogP) is 7.06. The number of thioether (sulfide) groups is 1. The van der Waals surface area contributed by atoms with Gasteiger partial charge in [-0.2, -0.15) is 0 Å². The van der Waals surface area contributed by atoms with E-state index in [9.17, 15) is 19.1 Å². The fourth-order valence-corrected chi connectivity index (χ4v) is 6.42. The molecule has 1 aliphatic heterocycles. The Morgan fingerprint density at radius 2 is 1.77 bits per heavy atom. The van der Waals surface area contributed by atoms with Crippen molar-refractivity contribution in [3.63, 3.8) is 0 Å². The van der Waals surface area contributed by atoms with Gasteiger partial charge in [0, 0.05) is 11.1 Å². The molecule has 6 rings (SSSR count). The third-order valence-electron chi connectivity index (χ3n) is 6.68. The molecule has 1 atom stereocenters. The first-order valence-electron chi connectivity index (χ1n) is 12.5. The van der Waals surface area contributed by atoms with Crippen LogP contribution in [0.15, 0.2) is 99.0 Å². The second-order valence-corrected chi connectivity index (χ2v) is 11.4. The number of hydrogen-bond acceptors (Lipinski definition) is 8. The molecule has 1 amide bonds. The average Bonchev–Trinajstić information content (AvgIpc) is 3.69. The number of anilines is 1. The van der Waals surface area contributed by atoms with Crippen LogP contribution in [0.4, 0.5) is 9.52 Å². The van der Waals surface area contributed by atoms with E-state index in [4.69, 9.17) is 4.42 Å². The van der Waals surface area contributed by atoms with E-state index in [-0.39, 0.29) is 22.3 Å². The van der Waals surface area contributed by atoms with Crippen molar-refractivity contribution in [2.24, 2.45) is 0 Å². The van der Waals surface area contributed by atoms with E-state index in [2.05, 4.69) is 10.2 Å². The number of carbonyl (C=O) groups excluding carboxylic acids is 2. The van der Waals surface area contributed by atoms with Crippen LogP contribution in [0.2, 0.25) is 0 Å². The molecule has 0 saturated carbocycles. The highest BCUT2D eigenvalue weighted by Gasteiger charge is 2.46. The summed E-state index contributed by atoms with van der Waals surface area (Å²) in [4.78, 5) is 28.6. The van der Waals surface area contributed by atoms with Crippen LogP contribution in [0.5, 0.6) is 0 Å². The maximum absolute atomic E-state index is 13.8. The van der Waals surface area contributed by atoms with Crippen LogP contribution in [0.1, 0.15) is 40.2 Å². The topological polar surface area (TPSA) is 96.5 Å². The summed E-state index contributed by atoms with van der Waals surface area (Å²) in [6, 6.07) is 21.6. The number of aliphatic hydroxyl groups excluding tert-OH is 1. The summed E-state index contributed by atoms with van der Waals surface area (Å²) in [5, 5.41) is 20.5. The summed E-state index contributed by atoms with van der Waals surface area (Å²) >= 11 is 2.57. The molecule has 40 heavy (non-hydrogen) atoms. The number of benzene rings is 3. The van der Waals surface area contributed by atoms with Crippen molar-refractivity contribution in [3.8, 4) is 0 Å². The first kappa shape index (κ1) is 26.0. The molecule has 0 saturated heterocycles. The van der Waals surface area contributed by atoms with Crippen molar-refractivity contribution in [1.29, 1.82) is 0 Å². The molecule has 3 heterocycles. The minimum absolute atomic E-state index is 0.0281. The lowest BCUT2D eigenvalue weighted by atomic mass is 9.94. The minimum Gasteiger partial charge on any atom is -0.503 e. The van der Waals surface area contributed by atoms with Crippen LogP contribution < -0.4 is 4.90 Å². The van der Waals surface area contributed by atoms with Gasteiger partial charge in [-0.15, -0.1) is 10.2 Å². The molecule has 0 spiro atoms. The summed E-state index contributed by atoms with van der Waals surface area (Å²) in [5.74, 6) is -1.71. The summed E-state index contributed by atoms with van der Waals surface area (Å²) < 4.78 is 19.6. The van der Waals surface area contributed by atoms with Gasteiger partial charge in [0.15, 0.2) is 15.9 Å². The highest BCUT2D eigenvalue weighted by atomic mass is 32.2. The van der Waals surface area contributed by atoms with Crippen molar-refractivity contribution < 1.29 is 23.5 Å². The Labute approximate surface area is 237 Å². The lowest BCUT2D eigenvalue weighted by Crippen LogP contribution is -2.31. The van der Waals surface area contributed by atoms with Gasteiger partial charge in [0.25, 0.3) is 5.91 Å². The quantitative estimate of drug-likeness (QED) is 0.121. The highest BCUT2D eigenvalue weighted by Crippen LogP contribution is 2.44. The summed E-state index contributed by atoms with van der Waals surface area (Å²) in [5.41, 5.74) is 3.09. The van der Waals surface area contributed by atoms with Gasteiger partial charge in [0.05, 0.1) is 11.6 Å². The number of aromatic nitrogens is 2. The predicted molar refractivity (Wildman–Crippen MR) is 152 cm³/mol. The minimum atomic E-state index is -0.929. The molecule has 1 unspecified atom stereocenters. The number of carbonyl (C=O) groups is 2. The number of Topliss-reactive ketones (excluding diaryl/α,β-unsaturated/α-hetero) is 1. The zero-order chi connectivity index (χ0) is 27.8. The van der Waals surface area contributed by atoms with Crippen LogP contribution in [-0.4, -0.2) is 27.0 Å². The fourth-order valence-electron chi connectivity index (χ4n) is 4.60. The average molecular weight is 572 g/mol. The third-order valence-corrected chi connectivity index (χ3v) is 8.81. The number of furan rings is 1. The number of aliphatic hydroxyl groups is 1. The maximum atomic E-state index is 13.8. The van der Waals surface area contributed by atoms with E-state index < -0.39 is 23.5 Å². The molecule has 2 aromatic heterocycles. The molecule has 0 radical (unpaired) electrons. The Balaban J connectivity index is 1.36. The first-order chi connectivity index (χ1) is 19.4. The molecule has 5 aromatic rings. The van der Waals surface area contributed by atoms with Gasteiger partial charge in [-0.1, -0.05) is 84.6 Å². The van der Waals surface area contributed by atoms with Gasteiger partial charge in [0.2, 0.25) is 10.9 Å². The standard InChI is InChI=1S/C30H22FN3O4S2/c1-2-17-7-11-19(12-8-17)25-24(26(35)23-15-20-5-3-4-6-22(20)38-23)27(36)28(37)34(25)29-32-33-30(40-29)39-16-18-9-13-21(31)14-10-18/h3-15,25,36H,2,16H2,1H3. The van der Waals surface area contributed by atoms with E-state index in [1.54, 1.807) is 30.3 Å². The molecule has 3 aromatic carbocycles. The van der Waals surface area contributed by atoms with E-state index in [1.807, 2.05) is 43.3 Å². The van der Waals surface area contributed by atoms with Crippen molar-refractivity contribution in [1.82, 2.24) is 10.2 Å². The first-order valence-corrected chi connectivity index (χ1v) is 14.3. The van der Waals surface area contributed by atoms with Crippen LogP contribution in [0, 0.1) is 5.82 Å². The molecule has 1 N–H and O–H groups in total. The van der Waals surface area contributed by atoms with Crippen molar-refractivity contribution in [2.75, 3.05) is 4.90 Å². The van der Waals surface area contributed by atoms with Crippen molar-refractivity contribution >= 4 is 50.9 Å². The molecule has 0 fully saturated rings. The Bertz CT molecular complexity index is 1730. The second kappa shape index (κ2) is 10.7. The number of nitrogens with zero attached hydrogens (tertiary/aromatic N) is 3. The van der Waals surface area contributed by atoms with Crippen LogP contribution >= 0.6 is 23.1 Å². The molecule has 0 aliphatic carbocycles. The van der Waals surface area contributed by atoms with Crippen molar-refractivity contribution in [2.45, 2.75) is 29.5 Å². The Kier molecular flexibility index (Phi) is 6.95. The molecule has 10 heteroatoms. The molecule has 1 aliphatic rings. The molecular weight excluding hydrogens is 549 g/mol. The number of fused-ring (bicyclic) bond motifs is 1. The molecule has 200 valence electrons. The lowest BCUT2D eigenvalue weighted by molar-refractivity contribution is -0.117. The van der Waals surface area contributed by atoms with Gasteiger partial charge in [0.1, 0.15) is 11.4 Å². The number of ketones is 1. The zero-order valence-corrected chi connectivity index (χ0v) is 22.8. The van der Waals surface area contributed by atoms with Gasteiger partial charge >= 0.3 is 0 Å². The summed E-state index contributed by atoms with van der Waals surface area (Å²) in [6.45, 7) is 2.04. The molecular formula is C30H22FN3O4S2. The monoisotopic (exact) mass is 571 g/mol. The Morgan fingerprint density at radius 1 is 1.05 bits per heavy atom. The fraction of sp³-hybridized carbons (Fsp3) is 0.133. The SMILES string of the molecule is CCc1ccc(C2C(C(=O)c3cc4ccccc4o3)=C(O)C(=O)N2c2nnc(SCc3ccc(F)cc3)s2)cc1. The van der Waals surface area contributed by atoms with Gasteiger partial charge < -0.3 is 9.52 Å². The number of halogens is 1. The van der Waals surface area contributed by atoms with E-state index in [0.29, 0.717) is 21.2 Å². The number of rotatable bonds is 8. The Morgan fingerprint density at radius 3 is 2.50 bits per heavy atom. The van der Waals surface area contributed by atoms with E-state index in [0.717, 1.165) is 22.9 Å². The van der Waals surface area contributed by atoms with E-state index >= 15 is 0 Å². The van der Waals surface area contributed by atoms with E-state index in [1.165, 1.54) is 40.1 Å². The van der Waals surface area contributed by atoms with Gasteiger partial charge in [-0.3, -0.25) is 14.5 Å². The third kappa shape index (κ3) is 4.80. The molecule has 7 nitrogen and oxygen atoms in total. The van der Waals surface area contributed by atoms with Crippen LogP contribution in [0.3, 0.4) is 0 Å². The zero-order valence-electron chi connectivity index (χ0n) is 21.2. The highest BCUT2D eigenvalue weighted by molar-refractivity contribution is 8.00. The number of amides is 1. The molecule has 0 bridgehead atoms. The number of aryl methyl sites for hydroxylation is 1. The van der Waals surface area contributed by atoms with Gasteiger partial charge in [-0.25, -0.2) is 4.39 Å². The maximum Gasteiger partial charge on any atom is 0.296 e. The summed E-state index contributed by atoms with van der Waals surface area (Å²) in [7, 11) is 0. The van der Waals surface area contributed by atoms with Gasteiger partial charge in [-0.05, 0) is 47.4 Å². The summed E-state index contributed by atoms with van der Waals surface area (Å²) in [6.07, 6.45) is 0.824. The lowest BCUT2D eigenvalue weighted by Gasteiger charge is -2.24. The second-order valence-electron chi connectivity index (χ2n) is 9.18. The van der Waals surface area contributed by atoms with Crippen molar-refractivity contribution in [3.05, 3.63) is 118 Å².